The summed E-state index contributed by atoms with van der Waals surface area (Å²) in [6.45, 7) is 6.47. The van der Waals surface area contributed by atoms with Crippen LogP contribution in [0, 0.1) is 5.41 Å². The van der Waals surface area contributed by atoms with Gasteiger partial charge >= 0.3 is 0 Å². The Hall–Kier alpha value is -3.17. The van der Waals surface area contributed by atoms with Crippen LogP contribution < -0.4 is 21.7 Å². The maximum Gasteiger partial charge on any atom is 0.267 e. The molecule has 10 heteroatoms. The highest BCUT2D eigenvalue weighted by Gasteiger charge is 2.28. The van der Waals surface area contributed by atoms with Gasteiger partial charge in [0.15, 0.2) is 0 Å². The zero-order valence-corrected chi connectivity index (χ0v) is 19.8. The van der Waals surface area contributed by atoms with E-state index in [1.54, 1.807) is 6.08 Å². The van der Waals surface area contributed by atoms with Crippen molar-refractivity contribution in [1.82, 2.24) is 20.9 Å². The minimum atomic E-state index is -0.521. The maximum atomic E-state index is 12.1. The highest BCUT2D eigenvalue weighted by molar-refractivity contribution is 5.93. The van der Waals surface area contributed by atoms with Crippen LogP contribution in [-0.4, -0.2) is 67.0 Å². The first kappa shape index (κ1) is 27.9. The monoisotopic (exact) mass is 463 g/mol. The van der Waals surface area contributed by atoms with Crippen molar-refractivity contribution >= 4 is 29.9 Å². The number of likely N-dealkylation sites (tertiary alicyclic amines) is 1. The number of nitrogens with two attached hydrogens (primary N) is 1. The van der Waals surface area contributed by atoms with Crippen molar-refractivity contribution in [2.75, 3.05) is 26.2 Å². The molecule has 1 saturated heterocycles. The molecule has 0 saturated carbocycles. The van der Waals surface area contributed by atoms with Gasteiger partial charge in [-0.3, -0.25) is 19.2 Å². The molecule has 1 aliphatic rings. The summed E-state index contributed by atoms with van der Waals surface area (Å²) >= 11 is 0. The van der Waals surface area contributed by atoms with Crippen molar-refractivity contribution in [3.05, 3.63) is 23.9 Å². The molecule has 0 aliphatic carbocycles. The molecule has 0 spiro atoms. The van der Waals surface area contributed by atoms with Gasteiger partial charge in [-0.05, 0) is 30.8 Å². The summed E-state index contributed by atoms with van der Waals surface area (Å²) in [5.74, 6) is -1.76. The predicted octanol–water partition coefficient (Wildman–Crippen LogP) is 0.140. The van der Waals surface area contributed by atoms with E-state index in [1.165, 1.54) is 11.0 Å². The van der Waals surface area contributed by atoms with E-state index in [0.29, 0.717) is 13.0 Å². The fourth-order valence-corrected chi connectivity index (χ4v) is 3.02. The Morgan fingerprint density at radius 2 is 1.79 bits per heavy atom. The molecule has 0 aromatic rings. The molecule has 1 atom stereocenters. The van der Waals surface area contributed by atoms with Crippen LogP contribution in [0.1, 0.15) is 52.9 Å². The molecule has 1 aliphatic heterocycles. The zero-order chi connectivity index (χ0) is 24.9. The molecule has 0 aromatic carbocycles. The van der Waals surface area contributed by atoms with Gasteiger partial charge < -0.3 is 31.4 Å². The third-order valence-corrected chi connectivity index (χ3v) is 5.60. The first-order valence-corrected chi connectivity index (χ1v) is 11.3. The van der Waals surface area contributed by atoms with Crippen LogP contribution in [0.3, 0.4) is 0 Å². The van der Waals surface area contributed by atoms with E-state index in [1.807, 2.05) is 6.08 Å². The number of rotatable bonds is 13. The van der Waals surface area contributed by atoms with E-state index in [2.05, 4.69) is 36.7 Å². The van der Waals surface area contributed by atoms with E-state index < -0.39 is 23.8 Å². The molecule has 4 amide bonds. The van der Waals surface area contributed by atoms with Gasteiger partial charge in [-0.15, -0.1) is 0 Å². The van der Waals surface area contributed by atoms with Crippen LogP contribution in [-0.2, 0) is 24.0 Å². The Labute approximate surface area is 195 Å². The molecule has 5 N–H and O–H groups in total. The smallest absolute Gasteiger partial charge is 0.267 e. The average Bonchev–Trinajstić information content (AvgIpc) is 3.27. The molecule has 0 aromatic heterocycles. The summed E-state index contributed by atoms with van der Waals surface area (Å²) in [7, 11) is 0. The minimum absolute atomic E-state index is 0.0272. The molecule has 1 unspecified atom stereocenters. The summed E-state index contributed by atoms with van der Waals surface area (Å²) < 4.78 is 0. The second-order valence-corrected chi connectivity index (χ2v) is 8.76. The van der Waals surface area contributed by atoms with Gasteiger partial charge in [0.05, 0.1) is 24.8 Å². The lowest BCUT2D eigenvalue weighted by molar-refractivity contribution is -0.135. The van der Waals surface area contributed by atoms with Gasteiger partial charge in [0, 0.05) is 19.5 Å². The van der Waals surface area contributed by atoms with Crippen molar-refractivity contribution < 1.29 is 24.0 Å². The molecule has 33 heavy (non-hydrogen) atoms. The first-order valence-electron chi connectivity index (χ1n) is 11.3. The van der Waals surface area contributed by atoms with Crippen LogP contribution in [0.25, 0.3) is 0 Å². The molecule has 1 rings (SSSR count). The summed E-state index contributed by atoms with van der Waals surface area (Å²) in [4.78, 5) is 60.1. The normalized spacial score (nSPS) is 16.5. The van der Waals surface area contributed by atoms with Gasteiger partial charge in [-0.2, -0.15) is 0 Å². The third kappa shape index (κ3) is 10.8. The Morgan fingerprint density at radius 3 is 2.45 bits per heavy atom. The lowest BCUT2D eigenvalue weighted by Gasteiger charge is -2.20. The van der Waals surface area contributed by atoms with Crippen LogP contribution >= 0.6 is 0 Å². The van der Waals surface area contributed by atoms with Gasteiger partial charge in [0.1, 0.15) is 6.29 Å². The van der Waals surface area contributed by atoms with Crippen molar-refractivity contribution in [1.29, 1.82) is 0 Å². The third-order valence-electron chi connectivity index (χ3n) is 5.60. The molecule has 184 valence electrons. The van der Waals surface area contributed by atoms with Crippen molar-refractivity contribution in [3.63, 3.8) is 0 Å². The zero-order valence-electron chi connectivity index (χ0n) is 19.8. The molecular formula is C23H37N5O5. The Morgan fingerprint density at radius 1 is 1.09 bits per heavy atom. The second kappa shape index (κ2) is 14.1. The number of nitrogens with zero attached hydrogens (tertiary/aromatic N) is 1. The van der Waals surface area contributed by atoms with Crippen molar-refractivity contribution in [2.24, 2.45) is 11.1 Å². The lowest BCUT2D eigenvalue weighted by Crippen LogP contribution is -2.45. The highest BCUT2D eigenvalue weighted by Crippen LogP contribution is 2.24. The number of nitrogens with one attached hydrogen (secondary N) is 3. The molecule has 1 heterocycles. The number of allylic oxidation sites excluding steroid dienone is 3. The minimum Gasteiger partial charge on any atom is -0.394 e. The molecule has 0 bridgehead atoms. The largest absolute Gasteiger partial charge is 0.394 e. The van der Waals surface area contributed by atoms with Gasteiger partial charge in [0.25, 0.3) is 5.91 Å². The molecular weight excluding hydrogens is 426 g/mol. The number of aldehydes is 1. The molecule has 1 fully saturated rings. The predicted molar refractivity (Wildman–Crippen MR) is 125 cm³/mol. The molecule has 0 radical (unpaired) electrons. The topological polar surface area (TPSA) is 151 Å². The van der Waals surface area contributed by atoms with E-state index in [9.17, 15) is 24.0 Å². The van der Waals surface area contributed by atoms with E-state index >= 15 is 0 Å². The van der Waals surface area contributed by atoms with Crippen LogP contribution in [0.4, 0.5) is 0 Å². The fourth-order valence-electron chi connectivity index (χ4n) is 3.02. The van der Waals surface area contributed by atoms with E-state index in [4.69, 9.17) is 5.73 Å². The van der Waals surface area contributed by atoms with E-state index in [-0.39, 0.29) is 43.1 Å². The first-order chi connectivity index (χ1) is 15.6. The average molecular weight is 464 g/mol. The SMILES string of the molecule is CCC(C)(C)C/C=C\C=C(/N)C(=O)NCCC(=O)NCC(=O)NCC(=O)N1CCCC1C=O. The maximum absolute atomic E-state index is 12.1. The number of amides is 4. The van der Waals surface area contributed by atoms with Gasteiger partial charge in [0.2, 0.25) is 17.7 Å². The number of hydrogen-bond acceptors (Lipinski definition) is 6. The van der Waals surface area contributed by atoms with Crippen molar-refractivity contribution in [3.8, 4) is 0 Å². The van der Waals surface area contributed by atoms with Gasteiger partial charge in [-0.1, -0.05) is 39.3 Å². The van der Waals surface area contributed by atoms with Crippen LogP contribution in [0.5, 0.6) is 0 Å². The van der Waals surface area contributed by atoms with Crippen LogP contribution in [0.2, 0.25) is 0 Å². The number of hydrogen-bond donors (Lipinski definition) is 4. The summed E-state index contributed by atoms with van der Waals surface area (Å²) in [6.07, 6.45) is 9.23. The summed E-state index contributed by atoms with van der Waals surface area (Å²) in [5.41, 5.74) is 5.96. The van der Waals surface area contributed by atoms with Crippen LogP contribution in [0.15, 0.2) is 23.9 Å². The molecule has 10 nitrogen and oxygen atoms in total. The van der Waals surface area contributed by atoms with E-state index in [0.717, 1.165) is 25.5 Å². The highest BCUT2D eigenvalue weighted by atomic mass is 16.2. The Kier molecular flexibility index (Phi) is 11.9. The lowest BCUT2D eigenvalue weighted by atomic mass is 9.86. The number of carbonyl (C=O) groups is 5. The summed E-state index contributed by atoms with van der Waals surface area (Å²) in [6, 6.07) is -0.433. The van der Waals surface area contributed by atoms with Gasteiger partial charge in [-0.25, -0.2) is 0 Å². The quantitative estimate of drug-likeness (QED) is 0.173. The number of carbonyl (C=O) groups excluding carboxylic acids is 5. The Balaban J connectivity index is 2.23. The van der Waals surface area contributed by atoms with Crippen molar-refractivity contribution in [2.45, 2.75) is 58.9 Å². The fraction of sp³-hybridized carbons (Fsp3) is 0.609. The summed E-state index contributed by atoms with van der Waals surface area (Å²) in [5, 5.41) is 7.39. The second-order valence-electron chi connectivity index (χ2n) is 8.76. The Bertz CT molecular complexity index is 775. The standard InChI is InChI=1S/C23H37N5O5/c1-4-23(2,3)11-6-5-9-18(24)22(33)25-12-10-19(30)26-14-20(31)27-15-21(32)28-13-7-8-17(28)16-29/h5-6,9,16-17H,4,7-8,10-15,24H2,1-3H3,(H,25,33)(H,26,30)(H,27,31)/b6-5-,18-9-.